The molecule has 0 unspecified atom stereocenters. The van der Waals surface area contributed by atoms with Crippen molar-refractivity contribution < 1.29 is 9.90 Å². The summed E-state index contributed by atoms with van der Waals surface area (Å²) in [6.07, 6.45) is 0. The third-order valence-electron chi connectivity index (χ3n) is 4.75. The maximum absolute atomic E-state index is 11.1. The lowest BCUT2D eigenvalue weighted by atomic mass is 10.1. The Hall–Kier alpha value is -4.00. The van der Waals surface area contributed by atoms with Crippen molar-refractivity contribution in [3.63, 3.8) is 0 Å². The number of hydrogen-bond acceptors (Lipinski definition) is 3. The van der Waals surface area contributed by atoms with E-state index in [1.165, 1.54) is 0 Å². The van der Waals surface area contributed by atoms with E-state index in [1.54, 1.807) is 12.1 Å². The molecule has 1 aromatic heterocycles. The molecular formula is C21H17N5O2. The number of carboxylic acids is 1. The summed E-state index contributed by atoms with van der Waals surface area (Å²) in [5.41, 5.74) is 3.98. The number of carbonyl (C=O) groups is 1. The second kappa shape index (κ2) is 6.96. The highest BCUT2D eigenvalue weighted by atomic mass is 16.4. The van der Waals surface area contributed by atoms with Gasteiger partial charge in [0.1, 0.15) is 0 Å². The zero-order valence-corrected chi connectivity index (χ0v) is 14.8. The topological polar surface area (TPSA) is 117 Å². The zero-order valence-electron chi connectivity index (χ0n) is 14.8. The quantitative estimate of drug-likeness (QED) is 0.164. The van der Waals surface area contributed by atoms with Gasteiger partial charge >= 0.3 is 5.97 Å². The molecule has 0 aliphatic heterocycles. The summed E-state index contributed by atoms with van der Waals surface area (Å²) >= 11 is 0. The van der Waals surface area contributed by atoms with Gasteiger partial charge in [0, 0.05) is 33.9 Å². The van der Waals surface area contributed by atoms with Crippen molar-refractivity contribution in [2.24, 2.45) is 16.2 Å². The smallest absolute Gasteiger partial charge is 0.335 e. The Bertz CT molecular complexity index is 1240. The van der Waals surface area contributed by atoms with Crippen LogP contribution in [-0.4, -0.2) is 21.5 Å². The van der Waals surface area contributed by atoms with Crippen LogP contribution in [0.15, 0.2) is 77.1 Å². The van der Waals surface area contributed by atoms with Gasteiger partial charge in [0.2, 0.25) is 0 Å². The van der Waals surface area contributed by atoms with Gasteiger partial charge in [-0.15, -0.1) is 5.11 Å². The van der Waals surface area contributed by atoms with Crippen LogP contribution in [-0.2, 0) is 6.54 Å². The number of aromatic carboxylic acids is 1. The van der Waals surface area contributed by atoms with E-state index >= 15 is 0 Å². The molecule has 4 rings (SSSR count). The molecule has 1 heterocycles. The normalized spacial score (nSPS) is 11.4. The second-order valence-corrected chi connectivity index (χ2v) is 6.40. The average molecular weight is 371 g/mol. The van der Waals surface area contributed by atoms with Crippen LogP contribution in [0.3, 0.4) is 0 Å². The number of amidine groups is 1. The molecule has 0 saturated carbocycles. The Morgan fingerprint density at radius 2 is 1.64 bits per heavy atom. The highest BCUT2D eigenvalue weighted by Gasteiger charge is 2.13. The summed E-state index contributed by atoms with van der Waals surface area (Å²) in [6, 6.07) is 20.6. The Kier molecular flexibility index (Phi) is 4.33. The molecule has 0 spiro atoms. The molecule has 3 aromatic carbocycles. The van der Waals surface area contributed by atoms with E-state index in [0.29, 0.717) is 12.1 Å². The number of benzene rings is 3. The number of nitrogens with two attached hydrogens (primary N) is 1. The molecule has 0 fully saturated rings. The first-order chi connectivity index (χ1) is 13.6. The van der Waals surface area contributed by atoms with Crippen molar-refractivity contribution in [3.05, 3.63) is 83.4 Å². The van der Waals surface area contributed by atoms with Gasteiger partial charge < -0.3 is 15.5 Å². The van der Waals surface area contributed by atoms with Gasteiger partial charge in [0.25, 0.3) is 0 Å². The molecule has 4 aromatic rings. The van der Waals surface area contributed by atoms with E-state index in [4.69, 9.17) is 16.4 Å². The SMILES string of the molecule is N=C(N=NN)c1ccc2c(c1)c1ccccc1n2Cc1ccc(C(=O)O)cc1. The number of para-hydroxylation sites is 1. The van der Waals surface area contributed by atoms with Crippen LogP contribution in [0, 0.1) is 5.41 Å². The van der Waals surface area contributed by atoms with Crippen LogP contribution >= 0.6 is 0 Å². The number of rotatable bonds is 4. The van der Waals surface area contributed by atoms with Gasteiger partial charge in [-0.3, -0.25) is 5.41 Å². The Morgan fingerprint density at radius 3 is 2.36 bits per heavy atom. The zero-order chi connectivity index (χ0) is 19.7. The molecule has 0 bridgehead atoms. The minimum Gasteiger partial charge on any atom is -0.478 e. The second-order valence-electron chi connectivity index (χ2n) is 6.40. The molecule has 7 nitrogen and oxygen atoms in total. The molecule has 0 amide bonds. The van der Waals surface area contributed by atoms with Crippen molar-refractivity contribution in [1.29, 1.82) is 5.41 Å². The molecule has 0 aliphatic carbocycles. The monoisotopic (exact) mass is 371 g/mol. The highest BCUT2D eigenvalue weighted by molar-refractivity contribution is 6.11. The first-order valence-corrected chi connectivity index (χ1v) is 8.61. The first kappa shape index (κ1) is 17.4. The lowest BCUT2D eigenvalue weighted by Crippen LogP contribution is -2.01. The third-order valence-corrected chi connectivity index (χ3v) is 4.75. The molecule has 0 atom stereocenters. The summed E-state index contributed by atoms with van der Waals surface area (Å²) in [4.78, 5) is 11.1. The summed E-state index contributed by atoms with van der Waals surface area (Å²) < 4.78 is 2.18. The van der Waals surface area contributed by atoms with E-state index in [1.807, 2.05) is 54.6 Å². The Balaban J connectivity index is 1.85. The van der Waals surface area contributed by atoms with Gasteiger partial charge in [0.15, 0.2) is 5.84 Å². The fourth-order valence-corrected chi connectivity index (χ4v) is 3.42. The van der Waals surface area contributed by atoms with E-state index in [9.17, 15) is 4.79 Å². The van der Waals surface area contributed by atoms with E-state index in [-0.39, 0.29) is 11.4 Å². The van der Waals surface area contributed by atoms with Gasteiger partial charge in [-0.05, 0) is 42.0 Å². The van der Waals surface area contributed by atoms with E-state index in [2.05, 4.69) is 14.9 Å². The molecule has 4 N–H and O–H groups in total. The summed E-state index contributed by atoms with van der Waals surface area (Å²) in [5.74, 6) is 4.13. The van der Waals surface area contributed by atoms with Crippen molar-refractivity contribution in [1.82, 2.24) is 4.57 Å². The molecular weight excluding hydrogens is 354 g/mol. The largest absolute Gasteiger partial charge is 0.478 e. The van der Waals surface area contributed by atoms with E-state index in [0.717, 1.165) is 27.4 Å². The predicted octanol–water partition coefficient (Wildman–Crippen LogP) is 4.19. The maximum Gasteiger partial charge on any atom is 0.335 e. The maximum atomic E-state index is 11.1. The molecule has 0 radical (unpaired) electrons. The standard InChI is InChI=1S/C21H17N5O2/c22-20(24-25-23)15-9-10-19-17(11-15)16-3-1-2-4-18(16)26(19)12-13-5-7-14(8-6-13)21(27)28/h1-11H,12H2,(H,27,28)(H3,22,23,24). The predicted molar refractivity (Wildman–Crippen MR) is 108 cm³/mol. The van der Waals surface area contributed by atoms with Gasteiger partial charge in [-0.25, -0.2) is 4.79 Å². The van der Waals surface area contributed by atoms with Crippen molar-refractivity contribution in [2.75, 3.05) is 0 Å². The van der Waals surface area contributed by atoms with Crippen LogP contribution in [0.5, 0.6) is 0 Å². The minimum absolute atomic E-state index is 0.00508. The van der Waals surface area contributed by atoms with Crippen LogP contribution < -0.4 is 5.84 Å². The van der Waals surface area contributed by atoms with Crippen molar-refractivity contribution in [3.8, 4) is 0 Å². The van der Waals surface area contributed by atoms with Gasteiger partial charge in [0.05, 0.1) is 5.56 Å². The summed E-state index contributed by atoms with van der Waals surface area (Å²) in [6.45, 7) is 0.600. The van der Waals surface area contributed by atoms with Gasteiger partial charge in [-0.2, -0.15) is 0 Å². The number of aromatic nitrogens is 1. The van der Waals surface area contributed by atoms with Crippen molar-refractivity contribution in [2.45, 2.75) is 6.54 Å². The van der Waals surface area contributed by atoms with Crippen LogP contribution in [0.2, 0.25) is 0 Å². The molecule has 0 aliphatic rings. The number of fused-ring (bicyclic) bond motifs is 3. The lowest BCUT2D eigenvalue weighted by Gasteiger charge is -2.08. The number of hydrogen-bond donors (Lipinski definition) is 3. The highest BCUT2D eigenvalue weighted by Crippen LogP contribution is 2.30. The third kappa shape index (κ3) is 2.99. The number of nitrogens with zero attached hydrogens (tertiary/aromatic N) is 3. The molecule has 0 saturated heterocycles. The van der Waals surface area contributed by atoms with Crippen LogP contribution in [0.25, 0.3) is 21.8 Å². The lowest BCUT2D eigenvalue weighted by molar-refractivity contribution is 0.0697. The molecule has 7 heteroatoms. The minimum atomic E-state index is -0.937. The van der Waals surface area contributed by atoms with Gasteiger partial charge in [-0.1, -0.05) is 35.6 Å². The van der Waals surface area contributed by atoms with Crippen molar-refractivity contribution >= 4 is 33.6 Å². The van der Waals surface area contributed by atoms with Crippen LogP contribution in [0.1, 0.15) is 21.5 Å². The molecule has 28 heavy (non-hydrogen) atoms. The molecule has 138 valence electrons. The van der Waals surface area contributed by atoms with E-state index < -0.39 is 5.97 Å². The van der Waals surface area contributed by atoms with Crippen LogP contribution in [0.4, 0.5) is 0 Å². The fourth-order valence-electron chi connectivity index (χ4n) is 3.42. The Morgan fingerprint density at radius 1 is 0.964 bits per heavy atom. The summed E-state index contributed by atoms with van der Waals surface area (Å²) in [7, 11) is 0. The first-order valence-electron chi connectivity index (χ1n) is 8.61. The number of carboxylic acid groups (broad SMARTS) is 1. The summed E-state index contributed by atoms with van der Waals surface area (Å²) in [5, 5.41) is 25.9. The fraction of sp³-hybridized carbons (Fsp3) is 0.0476. The average Bonchev–Trinajstić information content (AvgIpc) is 3.02. The number of nitrogens with one attached hydrogen (secondary N) is 1. The Labute approximate surface area is 160 Å².